The Morgan fingerprint density at radius 2 is 1.82 bits per heavy atom. The Hall–Kier alpha value is -1.06. The van der Waals surface area contributed by atoms with Gasteiger partial charge in [0.25, 0.3) is 0 Å². The number of amides is 2. The fourth-order valence-corrected chi connectivity index (χ4v) is 2.50. The average molecular weight is 238 g/mol. The second kappa shape index (κ2) is 5.52. The van der Waals surface area contributed by atoms with Crippen LogP contribution in [0.25, 0.3) is 0 Å². The molecule has 96 valence electrons. The Morgan fingerprint density at radius 3 is 2.35 bits per heavy atom. The highest BCUT2D eigenvalue weighted by Crippen LogP contribution is 2.27. The zero-order valence-electron chi connectivity index (χ0n) is 10.7. The van der Waals surface area contributed by atoms with Crippen LogP contribution in [0, 0.1) is 0 Å². The second-order valence-electron chi connectivity index (χ2n) is 5.14. The first-order chi connectivity index (χ1) is 8.18. The summed E-state index contributed by atoms with van der Waals surface area (Å²) >= 11 is 0. The summed E-state index contributed by atoms with van der Waals surface area (Å²) in [4.78, 5) is 27.2. The van der Waals surface area contributed by atoms with E-state index in [-0.39, 0.29) is 11.8 Å². The van der Waals surface area contributed by atoms with E-state index in [1.54, 1.807) is 6.92 Å². The van der Waals surface area contributed by atoms with E-state index in [4.69, 9.17) is 0 Å². The number of rotatable bonds is 4. The highest BCUT2D eigenvalue weighted by molar-refractivity contribution is 5.78. The maximum atomic E-state index is 12.0. The fraction of sp³-hybridized carbons (Fsp3) is 0.846. The van der Waals surface area contributed by atoms with Crippen molar-refractivity contribution < 1.29 is 9.59 Å². The molecule has 1 aliphatic heterocycles. The van der Waals surface area contributed by atoms with Crippen molar-refractivity contribution >= 4 is 11.8 Å². The Morgan fingerprint density at radius 1 is 1.18 bits per heavy atom. The molecule has 0 unspecified atom stereocenters. The van der Waals surface area contributed by atoms with Crippen LogP contribution in [0.15, 0.2) is 0 Å². The summed E-state index contributed by atoms with van der Waals surface area (Å²) in [5.74, 6) is 0.329. The summed E-state index contributed by atoms with van der Waals surface area (Å²) < 4.78 is 0. The van der Waals surface area contributed by atoms with Crippen molar-refractivity contribution in [2.24, 2.45) is 0 Å². The lowest BCUT2D eigenvalue weighted by Crippen LogP contribution is -2.39. The Balaban J connectivity index is 1.75. The SMILES string of the molecule is CC(=O)N(CCC(=O)N1CCCCC1)C1CC1. The van der Waals surface area contributed by atoms with Crippen molar-refractivity contribution in [2.45, 2.75) is 51.5 Å². The van der Waals surface area contributed by atoms with E-state index >= 15 is 0 Å². The second-order valence-corrected chi connectivity index (χ2v) is 5.14. The van der Waals surface area contributed by atoms with Gasteiger partial charge in [-0.05, 0) is 32.1 Å². The maximum absolute atomic E-state index is 12.0. The first kappa shape index (κ1) is 12.4. The largest absolute Gasteiger partial charge is 0.343 e. The lowest BCUT2D eigenvalue weighted by molar-refractivity contribution is -0.134. The van der Waals surface area contributed by atoms with Gasteiger partial charge in [-0.2, -0.15) is 0 Å². The Bertz CT molecular complexity index is 294. The Kier molecular flexibility index (Phi) is 4.02. The van der Waals surface area contributed by atoms with Crippen molar-refractivity contribution in [3.05, 3.63) is 0 Å². The summed E-state index contributed by atoms with van der Waals surface area (Å²) in [7, 11) is 0. The minimum Gasteiger partial charge on any atom is -0.343 e. The molecule has 0 bridgehead atoms. The van der Waals surface area contributed by atoms with Crippen LogP contribution in [0.1, 0.15) is 45.4 Å². The molecule has 2 amide bonds. The zero-order chi connectivity index (χ0) is 12.3. The summed E-state index contributed by atoms with van der Waals surface area (Å²) in [5, 5.41) is 0. The number of hydrogen-bond donors (Lipinski definition) is 0. The molecule has 0 N–H and O–H groups in total. The van der Waals surface area contributed by atoms with Gasteiger partial charge in [0.1, 0.15) is 0 Å². The number of carbonyl (C=O) groups is 2. The van der Waals surface area contributed by atoms with Crippen molar-refractivity contribution in [1.29, 1.82) is 0 Å². The highest BCUT2D eigenvalue weighted by atomic mass is 16.2. The van der Waals surface area contributed by atoms with Gasteiger partial charge >= 0.3 is 0 Å². The summed E-state index contributed by atoms with van der Waals surface area (Å²) in [6.07, 6.45) is 6.21. The molecule has 2 fully saturated rings. The van der Waals surface area contributed by atoms with Crippen LogP contribution >= 0.6 is 0 Å². The molecule has 4 nitrogen and oxygen atoms in total. The van der Waals surface area contributed by atoms with Gasteiger partial charge in [0.05, 0.1) is 0 Å². The molecule has 17 heavy (non-hydrogen) atoms. The van der Waals surface area contributed by atoms with Crippen LogP contribution in [0.2, 0.25) is 0 Å². The molecule has 2 rings (SSSR count). The van der Waals surface area contributed by atoms with Gasteiger partial charge in [-0.3, -0.25) is 9.59 Å². The van der Waals surface area contributed by atoms with E-state index in [1.165, 1.54) is 6.42 Å². The third kappa shape index (κ3) is 3.45. The van der Waals surface area contributed by atoms with Crippen LogP contribution in [0.3, 0.4) is 0 Å². The van der Waals surface area contributed by atoms with Gasteiger partial charge in [0, 0.05) is 39.0 Å². The van der Waals surface area contributed by atoms with E-state index < -0.39 is 0 Å². The average Bonchev–Trinajstić information content (AvgIpc) is 3.14. The zero-order valence-corrected chi connectivity index (χ0v) is 10.7. The van der Waals surface area contributed by atoms with Crippen LogP contribution < -0.4 is 0 Å². The summed E-state index contributed by atoms with van der Waals surface area (Å²) in [6, 6.07) is 0.418. The van der Waals surface area contributed by atoms with Crippen LogP contribution in [0.5, 0.6) is 0 Å². The Labute approximate surface area is 103 Å². The van der Waals surface area contributed by atoms with Crippen LogP contribution in [-0.2, 0) is 9.59 Å². The molecule has 0 aromatic rings. The first-order valence-corrected chi connectivity index (χ1v) is 6.73. The molecule has 2 aliphatic rings. The third-order valence-corrected chi connectivity index (χ3v) is 3.67. The van der Waals surface area contributed by atoms with Crippen LogP contribution in [-0.4, -0.2) is 47.3 Å². The molecule has 0 spiro atoms. The predicted octanol–water partition coefficient (Wildman–Crippen LogP) is 1.40. The smallest absolute Gasteiger partial charge is 0.224 e. The number of carbonyl (C=O) groups excluding carboxylic acids is 2. The molecule has 1 saturated carbocycles. The normalized spacial score (nSPS) is 20.2. The number of likely N-dealkylation sites (tertiary alicyclic amines) is 1. The number of nitrogens with zero attached hydrogens (tertiary/aromatic N) is 2. The molecule has 0 aromatic heterocycles. The van der Waals surface area contributed by atoms with E-state index in [1.807, 2.05) is 9.80 Å². The maximum Gasteiger partial charge on any atom is 0.224 e. The van der Waals surface area contributed by atoms with Gasteiger partial charge < -0.3 is 9.80 Å². The molecule has 1 aliphatic carbocycles. The summed E-state index contributed by atoms with van der Waals surface area (Å²) in [6.45, 7) is 4.02. The van der Waals surface area contributed by atoms with Crippen LogP contribution in [0.4, 0.5) is 0 Å². The minimum atomic E-state index is 0.110. The van der Waals surface area contributed by atoms with Gasteiger partial charge in [-0.1, -0.05) is 0 Å². The minimum absolute atomic E-state index is 0.110. The van der Waals surface area contributed by atoms with E-state index in [2.05, 4.69) is 0 Å². The van der Waals surface area contributed by atoms with Crippen molar-refractivity contribution in [3.8, 4) is 0 Å². The fourth-order valence-electron chi connectivity index (χ4n) is 2.50. The highest BCUT2D eigenvalue weighted by Gasteiger charge is 2.31. The third-order valence-electron chi connectivity index (χ3n) is 3.67. The van der Waals surface area contributed by atoms with Crippen molar-refractivity contribution in [3.63, 3.8) is 0 Å². The standard InChI is InChI=1S/C13H22N2O2/c1-11(16)15(12-5-6-12)10-7-13(17)14-8-3-2-4-9-14/h12H,2-10H2,1H3. The first-order valence-electron chi connectivity index (χ1n) is 6.73. The molecular weight excluding hydrogens is 216 g/mol. The molecular formula is C13H22N2O2. The van der Waals surface area contributed by atoms with Gasteiger partial charge in [-0.15, -0.1) is 0 Å². The monoisotopic (exact) mass is 238 g/mol. The van der Waals surface area contributed by atoms with E-state index in [0.717, 1.165) is 38.8 Å². The molecule has 0 aromatic carbocycles. The van der Waals surface area contributed by atoms with Crippen molar-refractivity contribution in [1.82, 2.24) is 9.80 Å². The van der Waals surface area contributed by atoms with E-state index in [0.29, 0.717) is 19.0 Å². The van der Waals surface area contributed by atoms with E-state index in [9.17, 15) is 9.59 Å². The van der Waals surface area contributed by atoms with Crippen molar-refractivity contribution in [2.75, 3.05) is 19.6 Å². The summed E-state index contributed by atoms with van der Waals surface area (Å²) in [5.41, 5.74) is 0. The quantitative estimate of drug-likeness (QED) is 0.743. The van der Waals surface area contributed by atoms with Gasteiger partial charge in [-0.25, -0.2) is 0 Å². The predicted molar refractivity (Wildman–Crippen MR) is 65.5 cm³/mol. The number of hydrogen-bond acceptors (Lipinski definition) is 2. The molecule has 1 heterocycles. The van der Waals surface area contributed by atoms with Gasteiger partial charge in [0.2, 0.25) is 11.8 Å². The molecule has 0 atom stereocenters. The molecule has 0 radical (unpaired) electrons. The lowest BCUT2D eigenvalue weighted by atomic mass is 10.1. The number of piperidine rings is 1. The molecule has 1 saturated heterocycles. The topological polar surface area (TPSA) is 40.6 Å². The lowest BCUT2D eigenvalue weighted by Gasteiger charge is -2.28. The molecule has 4 heteroatoms. The van der Waals surface area contributed by atoms with Gasteiger partial charge in [0.15, 0.2) is 0 Å².